The fraction of sp³-hybridized carbons (Fsp3) is 0.692. The Balaban J connectivity index is 2.54. The molecular weight excluding hydrogens is 272 g/mol. The third-order valence-corrected chi connectivity index (χ3v) is 2.43. The summed E-state index contributed by atoms with van der Waals surface area (Å²) in [5.74, 6) is 0.858. The van der Waals surface area contributed by atoms with Crippen LogP contribution in [-0.4, -0.2) is 47.1 Å². The molecule has 0 spiro atoms. The summed E-state index contributed by atoms with van der Waals surface area (Å²) in [5, 5.41) is 8.83. The van der Waals surface area contributed by atoms with Crippen molar-refractivity contribution < 1.29 is 9.53 Å². The zero-order valence-electron chi connectivity index (χ0n) is 12.9. The molecule has 118 valence electrons. The first-order valence-electron chi connectivity index (χ1n) is 7.32. The molecule has 1 heterocycles. The first-order chi connectivity index (χ1) is 10.2. The van der Waals surface area contributed by atoms with Gasteiger partial charge >= 0.3 is 6.01 Å². The minimum absolute atomic E-state index is 0.00958. The first kappa shape index (κ1) is 16.9. The molecule has 0 saturated carbocycles. The number of aromatic nitrogens is 3. The average molecular weight is 296 g/mol. The minimum Gasteiger partial charge on any atom is -0.464 e. The van der Waals surface area contributed by atoms with Crippen molar-refractivity contribution >= 4 is 17.8 Å². The van der Waals surface area contributed by atoms with Crippen LogP contribution in [0.2, 0.25) is 0 Å². The SMILES string of the molecule is CCCNC(=O)CCNc1nc(NCC)nc(OCC)n1. The zero-order chi connectivity index (χ0) is 15.5. The van der Waals surface area contributed by atoms with Crippen molar-refractivity contribution in [3.63, 3.8) is 0 Å². The molecule has 0 fully saturated rings. The molecule has 0 aliphatic rings. The predicted octanol–water partition coefficient (Wildman–Crippen LogP) is 1.03. The molecule has 1 aromatic heterocycles. The quantitative estimate of drug-likeness (QED) is 0.592. The van der Waals surface area contributed by atoms with E-state index >= 15 is 0 Å². The lowest BCUT2D eigenvalue weighted by Gasteiger charge is -2.09. The van der Waals surface area contributed by atoms with Crippen LogP contribution in [0.5, 0.6) is 6.01 Å². The highest BCUT2D eigenvalue weighted by Crippen LogP contribution is 2.10. The second-order valence-corrected chi connectivity index (χ2v) is 4.26. The molecular formula is C13H24N6O2. The van der Waals surface area contributed by atoms with Gasteiger partial charge in [0.05, 0.1) is 6.61 Å². The molecule has 1 amide bonds. The van der Waals surface area contributed by atoms with Gasteiger partial charge in [0.15, 0.2) is 0 Å². The number of ether oxygens (including phenoxy) is 1. The van der Waals surface area contributed by atoms with E-state index in [1.807, 2.05) is 20.8 Å². The summed E-state index contributed by atoms with van der Waals surface area (Å²) in [6, 6.07) is 0.265. The fourth-order valence-corrected chi connectivity index (χ4v) is 1.51. The van der Waals surface area contributed by atoms with Crippen molar-refractivity contribution in [3.8, 4) is 6.01 Å². The van der Waals surface area contributed by atoms with E-state index in [4.69, 9.17) is 4.74 Å². The van der Waals surface area contributed by atoms with Crippen LogP contribution in [0.3, 0.4) is 0 Å². The van der Waals surface area contributed by atoms with Gasteiger partial charge in [-0.25, -0.2) is 0 Å². The van der Waals surface area contributed by atoms with Gasteiger partial charge in [-0.05, 0) is 20.3 Å². The van der Waals surface area contributed by atoms with Crippen LogP contribution in [-0.2, 0) is 4.79 Å². The summed E-state index contributed by atoms with van der Waals surface area (Å²) in [7, 11) is 0. The number of carbonyl (C=O) groups is 1. The molecule has 0 aliphatic carbocycles. The Kier molecular flexibility index (Phi) is 7.85. The number of hydrogen-bond acceptors (Lipinski definition) is 7. The van der Waals surface area contributed by atoms with Crippen LogP contribution in [0, 0.1) is 0 Å². The molecule has 8 heteroatoms. The topological polar surface area (TPSA) is 101 Å². The molecule has 1 aromatic rings. The summed E-state index contributed by atoms with van der Waals surface area (Å²) in [4.78, 5) is 24.0. The number of anilines is 2. The number of amides is 1. The number of rotatable bonds is 10. The summed E-state index contributed by atoms with van der Waals surface area (Å²) >= 11 is 0. The van der Waals surface area contributed by atoms with E-state index in [2.05, 4.69) is 30.9 Å². The first-order valence-corrected chi connectivity index (χ1v) is 7.32. The van der Waals surface area contributed by atoms with Gasteiger partial charge in [0.2, 0.25) is 17.8 Å². The summed E-state index contributed by atoms with van der Waals surface area (Å²) < 4.78 is 5.29. The Morgan fingerprint density at radius 2 is 1.76 bits per heavy atom. The highest BCUT2D eigenvalue weighted by Gasteiger charge is 2.07. The summed E-state index contributed by atoms with van der Waals surface area (Å²) in [6.07, 6.45) is 1.29. The molecule has 0 aliphatic heterocycles. The van der Waals surface area contributed by atoms with Crippen molar-refractivity contribution in [3.05, 3.63) is 0 Å². The second-order valence-electron chi connectivity index (χ2n) is 4.26. The van der Waals surface area contributed by atoms with Gasteiger partial charge in [0.1, 0.15) is 0 Å². The van der Waals surface area contributed by atoms with E-state index in [0.29, 0.717) is 44.6 Å². The predicted molar refractivity (Wildman–Crippen MR) is 81.6 cm³/mol. The van der Waals surface area contributed by atoms with Gasteiger partial charge in [-0.15, -0.1) is 0 Å². The maximum atomic E-state index is 11.5. The van der Waals surface area contributed by atoms with Crippen LogP contribution in [0.25, 0.3) is 0 Å². The van der Waals surface area contributed by atoms with Crippen LogP contribution in [0.4, 0.5) is 11.9 Å². The van der Waals surface area contributed by atoms with Gasteiger partial charge in [0, 0.05) is 26.1 Å². The summed E-state index contributed by atoms with van der Waals surface area (Å²) in [5.41, 5.74) is 0. The Labute approximate surface area is 125 Å². The van der Waals surface area contributed by atoms with Crippen LogP contribution < -0.4 is 20.7 Å². The number of nitrogens with one attached hydrogen (secondary N) is 3. The molecule has 1 rings (SSSR count). The van der Waals surface area contributed by atoms with Crippen molar-refractivity contribution in [1.82, 2.24) is 20.3 Å². The minimum atomic E-state index is 0.00958. The molecule has 3 N–H and O–H groups in total. The van der Waals surface area contributed by atoms with E-state index in [9.17, 15) is 4.79 Å². The lowest BCUT2D eigenvalue weighted by molar-refractivity contribution is -0.120. The monoisotopic (exact) mass is 296 g/mol. The van der Waals surface area contributed by atoms with Crippen molar-refractivity contribution in [1.29, 1.82) is 0 Å². The van der Waals surface area contributed by atoms with Crippen LogP contribution in [0.15, 0.2) is 0 Å². The van der Waals surface area contributed by atoms with Crippen molar-refractivity contribution in [2.24, 2.45) is 0 Å². The Bertz CT molecular complexity index is 416. The van der Waals surface area contributed by atoms with E-state index in [0.717, 1.165) is 6.42 Å². The highest BCUT2D eigenvalue weighted by molar-refractivity contribution is 5.76. The largest absolute Gasteiger partial charge is 0.464 e. The molecule has 0 bridgehead atoms. The van der Waals surface area contributed by atoms with Gasteiger partial charge in [-0.1, -0.05) is 6.92 Å². The van der Waals surface area contributed by atoms with Crippen LogP contribution in [0.1, 0.15) is 33.6 Å². The van der Waals surface area contributed by atoms with Gasteiger partial charge in [-0.3, -0.25) is 4.79 Å². The van der Waals surface area contributed by atoms with E-state index in [-0.39, 0.29) is 11.9 Å². The molecule has 0 saturated heterocycles. The molecule has 0 unspecified atom stereocenters. The van der Waals surface area contributed by atoms with E-state index in [1.54, 1.807) is 0 Å². The van der Waals surface area contributed by atoms with Gasteiger partial charge < -0.3 is 20.7 Å². The average Bonchev–Trinajstić information content (AvgIpc) is 2.45. The normalized spacial score (nSPS) is 10.0. The van der Waals surface area contributed by atoms with Crippen molar-refractivity contribution in [2.75, 3.05) is 36.9 Å². The van der Waals surface area contributed by atoms with Crippen molar-refractivity contribution in [2.45, 2.75) is 33.6 Å². The second kappa shape index (κ2) is 9.73. The van der Waals surface area contributed by atoms with Gasteiger partial charge in [0.25, 0.3) is 0 Å². The fourth-order valence-electron chi connectivity index (χ4n) is 1.51. The van der Waals surface area contributed by atoms with Gasteiger partial charge in [-0.2, -0.15) is 15.0 Å². The number of hydrogen-bond donors (Lipinski definition) is 3. The number of carbonyl (C=O) groups excluding carboxylic acids is 1. The lowest BCUT2D eigenvalue weighted by atomic mass is 10.4. The maximum Gasteiger partial charge on any atom is 0.323 e. The zero-order valence-corrected chi connectivity index (χ0v) is 12.9. The summed E-state index contributed by atoms with van der Waals surface area (Å²) in [6.45, 7) is 8.17. The molecule has 0 aromatic carbocycles. The maximum absolute atomic E-state index is 11.5. The lowest BCUT2D eigenvalue weighted by Crippen LogP contribution is -2.26. The smallest absolute Gasteiger partial charge is 0.323 e. The Hall–Kier alpha value is -2.12. The van der Waals surface area contributed by atoms with E-state index in [1.165, 1.54) is 0 Å². The highest BCUT2D eigenvalue weighted by atomic mass is 16.5. The Morgan fingerprint density at radius 3 is 2.38 bits per heavy atom. The third-order valence-electron chi connectivity index (χ3n) is 2.43. The van der Waals surface area contributed by atoms with Crippen LogP contribution >= 0.6 is 0 Å². The molecule has 21 heavy (non-hydrogen) atoms. The Morgan fingerprint density at radius 1 is 1.05 bits per heavy atom. The molecule has 0 radical (unpaired) electrons. The molecule has 0 atom stereocenters. The van der Waals surface area contributed by atoms with E-state index < -0.39 is 0 Å². The molecule has 8 nitrogen and oxygen atoms in total. The standard InChI is InChI=1S/C13H24N6O2/c1-4-8-15-10(20)7-9-16-12-17-11(14-5-2)18-13(19-12)21-6-3/h4-9H2,1-3H3,(H,15,20)(H2,14,16,17,18,19). The number of nitrogens with zero attached hydrogens (tertiary/aromatic N) is 3. The third kappa shape index (κ3) is 6.73.